The smallest absolute Gasteiger partial charge is 0.247 e. The quantitative estimate of drug-likeness (QED) is 0.898. The van der Waals surface area contributed by atoms with Crippen molar-refractivity contribution in [3.63, 3.8) is 0 Å². The Morgan fingerprint density at radius 3 is 2.67 bits per heavy atom. The summed E-state index contributed by atoms with van der Waals surface area (Å²) in [6, 6.07) is 10.6. The maximum atomic E-state index is 12.2. The lowest BCUT2D eigenvalue weighted by Gasteiger charge is -2.34. The summed E-state index contributed by atoms with van der Waals surface area (Å²) in [6.07, 6.45) is 1.82. The van der Waals surface area contributed by atoms with Gasteiger partial charge in [0.25, 0.3) is 0 Å². The Morgan fingerprint density at radius 2 is 2.00 bits per heavy atom. The van der Waals surface area contributed by atoms with Gasteiger partial charge in [0.15, 0.2) is 0 Å². The van der Waals surface area contributed by atoms with E-state index in [1.807, 2.05) is 49.6 Å². The van der Waals surface area contributed by atoms with Crippen LogP contribution in [0.2, 0.25) is 0 Å². The highest BCUT2D eigenvalue weighted by molar-refractivity contribution is 5.95. The standard InChI is InChI=1S/C15H16N4O2/c1-18-8-7-12(17-18)10-19-13(20)9-16-15(21)14(19)11-5-3-2-4-6-11/h2-8,14H,9-10H2,1H3,(H,16,21). The fourth-order valence-electron chi connectivity index (χ4n) is 2.51. The number of aromatic nitrogens is 2. The monoisotopic (exact) mass is 284 g/mol. The lowest BCUT2D eigenvalue weighted by Crippen LogP contribution is -2.53. The fraction of sp³-hybridized carbons (Fsp3) is 0.267. The van der Waals surface area contributed by atoms with Gasteiger partial charge in [-0.2, -0.15) is 5.10 Å². The summed E-state index contributed by atoms with van der Waals surface area (Å²) in [5.74, 6) is -0.258. The minimum Gasteiger partial charge on any atom is -0.345 e. The van der Waals surface area contributed by atoms with E-state index >= 15 is 0 Å². The molecule has 0 saturated carbocycles. The van der Waals surface area contributed by atoms with Crippen molar-refractivity contribution in [3.05, 3.63) is 53.9 Å². The molecule has 108 valence electrons. The summed E-state index contributed by atoms with van der Waals surface area (Å²) in [6.45, 7) is 0.363. The second-order valence-electron chi connectivity index (χ2n) is 5.03. The van der Waals surface area contributed by atoms with E-state index in [0.717, 1.165) is 11.3 Å². The SMILES string of the molecule is Cn1ccc(CN2C(=O)CNC(=O)C2c2ccccc2)n1. The molecule has 2 amide bonds. The molecule has 1 fully saturated rings. The molecule has 1 aromatic carbocycles. The maximum Gasteiger partial charge on any atom is 0.247 e. The summed E-state index contributed by atoms with van der Waals surface area (Å²) >= 11 is 0. The van der Waals surface area contributed by atoms with Gasteiger partial charge in [-0.1, -0.05) is 30.3 Å². The van der Waals surface area contributed by atoms with Crippen LogP contribution in [-0.4, -0.2) is 33.0 Å². The third-order valence-electron chi connectivity index (χ3n) is 3.51. The zero-order valence-electron chi connectivity index (χ0n) is 11.7. The second kappa shape index (κ2) is 5.40. The Hall–Kier alpha value is -2.63. The van der Waals surface area contributed by atoms with Crippen molar-refractivity contribution in [3.8, 4) is 0 Å². The van der Waals surface area contributed by atoms with Crippen LogP contribution in [-0.2, 0) is 23.2 Å². The molecule has 1 aliphatic rings. The predicted octanol–water partition coefficient (Wildman–Crippen LogP) is 0.620. The molecule has 2 aromatic rings. The van der Waals surface area contributed by atoms with Gasteiger partial charge >= 0.3 is 0 Å². The Balaban J connectivity index is 1.92. The first-order chi connectivity index (χ1) is 10.1. The number of benzene rings is 1. The fourth-order valence-corrected chi connectivity index (χ4v) is 2.51. The first kappa shape index (κ1) is 13.4. The van der Waals surface area contributed by atoms with E-state index in [4.69, 9.17) is 0 Å². The van der Waals surface area contributed by atoms with Crippen molar-refractivity contribution in [2.75, 3.05) is 6.54 Å². The van der Waals surface area contributed by atoms with Crippen molar-refractivity contribution < 1.29 is 9.59 Å². The maximum absolute atomic E-state index is 12.2. The van der Waals surface area contributed by atoms with E-state index in [1.165, 1.54) is 0 Å². The molecule has 1 unspecified atom stereocenters. The van der Waals surface area contributed by atoms with E-state index in [9.17, 15) is 9.59 Å². The van der Waals surface area contributed by atoms with Crippen LogP contribution in [0.4, 0.5) is 0 Å². The Kier molecular flexibility index (Phi) is 3.43. The van der Waals surface area contributed by atoms with Crippen molar-refractivity contribution in [1.82, 2.24) is 20.0 Å². The predicted molar refractivity (Wildman–Crippen MR) is 76.0 cm³/mol. The van der Waals surface area contributed by atoms with Gasteiger partial charge in [0.05, 0.1) is 18.8 Å². The number of piperazine rings is 1. The van der Waals surface area contributed by atoms with Crippen LogP contribution in [0.3, 0.4) is 0 Å². The van der Waals surface area contributed by atoms with Crippen molar-refractivity contribution in [2.45, 2.75) is 12.6 Å². The minimum atomic E-state index is -0.602. The highest BCUT2D eigenvalue weighted by atomic mass is 16.2. The summed E-state index contributed by atoms with van der Waals surface area (Å²) in [4.78, 5) is 26.0. The molecular formula is C15H16N4O2. The van der Waals surface area contributed by atoms with E-state index in [2.05, 4.69) is 10.4 Å². The molecule has 1 atom stereocenters. The Bertz CT molecular complexity index is 665. The minimum absolute atomic E-state index is 0.0367. The van der Waals surface area contributed by atoms with Crippen LogP contribution in [0, 0.1) is 0 Å². The van der Waals surface area contributed by atoms with Gasteiger partial charge in [-0.15, -0.1) is 0 Å². The molecular weight excluding hydrogens is 268 g/mol. The van der Waals surface area contributed by atoms with Gasteiger partial charge in [0.1, 0.15) is 6.04 Å². The normalized spacial score (nSPS) is 18.7. The van der Waals surface area contributed by atoms with E-state index in [-0.39, 0.29) is 18.4 Å². The van der Waals surface area contributed by atoms with Crippen LogP contribution in [0.15, 0.2) is 42.6 Å². The number of aryl methyl sites for hydroxylation is 1. The van der Waals surface area contributed by atoms with E-state index < -0.39 is 6.04 Å². The van der Waals surface area contributed by atoms with Crippen LogP contribution in [0.5, 0.6) is 0 Å². The molecule has 1 N–H and O–H groups in total. The average Bonchev–Trinajstić information content (AvgIpc) is 2.89. The van der Waals surface area contributed by atoms with Crippen molar-refractivity contribution in [1.29, 1.82) is 0 Å². The molecule has 6 heteroatoms. The number of carbonyl (C=O) groups excluding carboxylic acids is 2. The van der Waals surface area contributed by atoms with Gasteiger partial charge in [0, 0.05) is 13.2 Å². The topological polar surface area (TPSA) is 67.2 Å². The van der Waals surface area contributed by atoms with Crippen molar-refractivity contribution >= 4 is 11.8 Å². The summed E-state index contributed by atoms with van der Waals surface area (Å²) in [5.41, 5.74) is 1.57. The number of hydrogen-bond acceptors (Lipinski definition) is 3. The molecule has 1 saturated heterocycles. The number of carbonyl (C=O) groups is 2. The molecule has 21 heavy (non-hydrogen) atoms. The van der Waals surface area contributed by atoms with Crippen LogP contribution < -0.4 is 5.32 Å². The molecule has 6 nitrogen and oxygen atoms in total. The number of amides is 2. The van der Waals surface area contributed by atoms with Crippen LogP contribution >= 0.6 is 0 Å². The zero-order chi connectivity index (χ0) is 14.8. The third-order valence-corrected chi connectivity index (χ3v) is 3.51. The zero-order valence-corrected chi connectivity index (χ0v) is 11.7. The van der Waals surface area contributed by atoms with Crippen molar-refractivity contribution in [2.24, 2.45) is 7.05 Å². The van der Waals surface area contributed by atoms with E-state index in [1.54, 1.807) is 9.58 Å². The lowest BCUT2D eigenvalue weighted by molar-refractivity contribution is -0.146. The average molecular weight is 284 g/mol. The molecule has 3 rings (SSSR count). The number of nitrogens with one attached hydrogen (secondary N) is 1. The molecule has 0 bridgehead atoms. The first-order valence-corrected chi connectivity index (χ1v) is 6.76. The lowest BCUT2D eigenvalue weighted by atomic mass is 10.0. The molecule has 2 heterocycles. The Labute approximate surface area is 122 Å². The second-order valence-corrected chi connectivity index (χ2v) is 5.03. The first-order valence-electron chi connectivity index (χ1n) is 6.76. The largest absolute Gasteiger partial charge is 0.345 e. The van der Waals surface area contributed by atoms with Gasteiger partial charge in [0.2, 0.25) is 11.8 Å². The molecule has 0 aliphatic carbocycles. The summed E-state index contributed by atoms with van der Waals surface area (Å²) in [7, 11) is 1.82. The van der Waals surface area contributed by atoms with Gasteiger partial charge in [-0.05, 0) is 11.6 Å². The number of nitrogens with zero attached hydrogens (tertiary/aromatic N) is 3. The van der Waals surface area contributed by atoms with E-state index in [0.29, 0.717) is 6.54 Å². The van der Waals surface area contributed by atoms with Gasteiger partial charge in [-0.25, -0.2) is 0 Å². The summed E-state index contributed by atoms with van der Waals surface area (Å²) < 4.78 is 1.68. The Morgan fingerprint density at radius 1 is 1.24 bits per heavy atom. The highest BCUT2D eigenvalue weighted by Gasteiger charge is 2.35. The number of hydrogen-bond donors (Lipinski definition) is 1. The highest BCUT2D eigenvalue weighted by Crippen LogP contribution is 2.25. The molecule has 1 aromatic heterocycles. The molecule has 0 radical (unpaired) electrons. The van der Waals surface area contributed by atoms with Crippen LogP contribution in [0.1, 0.15) is 17.3 Å². The molecule has 0 spiro atoms. The summed E-state index contributed by atoms with van der Waals surface area (Å²) in [5, 5.41) is 6.93. The van der Waals surface area contributed by atoms with Crippen LogP contribution in [0.25, 0.3) is 0 Å². The molecule has 1 aliphatic heterocycles. The number of rotatable bonds is 3. The van der Waals surface area contributed by atoms with Gasteiger partial charge < -0.3 is 10.2 Å². The third kappa shape index (κ3) is 2.65. The van der Waals surface area contributed by atoms with Gasteiger partial charge in [-0.3, -0.25) is 14.3 Å².